The van der Waals surface area contributed by atoms with E-state index < -0.39 is 10.0 Å². The van der Waals surface area contributed by atoms with E-state index in [0.717, 1.165) is 6.42 Å². The molecule has 1 aliphatic heterocycles. The van der Waals surface area contributed by atoms with Gasteiger partial charge in [0, 0.05) is 31.2 Å². The van der Waals surface area contributed by atoms with Crippen LogP contribution in [-0.2, 0) is 10.0 Å². The number of benzene rings is 1. The van der Waals surface area contributed by atoms with Crippen LogP contribution in [0, 0.1) is 11.8 Å². The first-order valence-corrected chi connectivity index (χ1v) is 10.3. The molecule has 0 radical (unpaired) electrons. The molecule has 0 spiro atoms. The van der Waals surface area contributed by atoms with Crippen molar-refractivity contribution >= 4 is 15.9 Å². The standard InChI is InChI=1S/C18H29N3O3S/c1-13-10-14(2)12-21(11-13)25(23,24)17-6-4-16(5-7-17)18(22)20-9-8-15(3)19/h4-7,13-15H,8-12,19H2,1-3H3,(H,20,22). The van der Waals surface area contributed by atoms with Crippen LogP contribution in [0.2, 0.25) is 0 Å². The molecule has 1 fully saturated rings. The van der Waals surface area contributed by atoms with Crippen molar-refractivity contribution in [2.75, 3.05) is 19.6 Å². The zero-order chi connectivity index (χ0) is 18.6. The van der Waals surface area contributed by atoms with Crippen LogP contribution < -0.4 is 11.1 Å². The lowest BCUT2D eigenvalue weighted by molar-refractivity contribution is 0.0952. The zero-order valence-corrected chi connectivity index (χ0v) is 16.1. The van der Waals surface area contributed by atoms with Crippen LogP contribution in [0.1, 0.15) is 44.0 Å². The zero-order valence-electron chi connectivity index (χ0n) is 15.2. The van der Waals surface area contributed by atoms with Crippen LogP contribution in [0.3, 0.4) is 0 Å². The number of amides is 1. The minimum absolute atomic E-state index is 0.0298. The molecule has 1 aromatic rings. The summed E-state index contributed by atoms with van der Waals surface area (Å²) in [5.41, 5.74) is 6.10. The van der Waals surface area contributed by atoms with Gasteiger partial charge in [0.25, 0.3) is 5.91 Å². The monoisotopic (exact) mass is 367 g/mol. The third-order valence-corrected chi connectivity index (χ3v) is 6.32. The van der Waals surface area contributed by atoms with Gasteiger partial charge in [0.05, 0.1) is 4.90 Å². The summed E-state index contributed by atoms with van der Waals surface area (Å²) in [5, 5.41) is 2.78. The summed E-state index contributed by atoms with van der Waals surface area (Å²) < 4.78 is 27.2. The third kappa shape index (κ3) is 5.26. The van der Waals surface area contributed by atoms with Gasteiger partial charge in [-0.25, -0.2) is 8.42 Å². The highest BCUT2D eigenvalue weighted by molar-refractivity contribution is 7.89. The van der Waals surface area contributed by atoms with Crippen molar-refractivity contribution < 1.29 is 13.2 Å². The molecule has 2 rings (SSSR count). The topological polar surface area (TPSA) is 92.5 Å². The first-order chi connectivity index (χ1) is 11.7. The van der Waals surface area contributed by atoms with E-state index in [1.54, 1.807) is 16.4 Å². The van der Waals surface area contributed by atoms with Gasteiger partial charge in [-0.15, -0.1) is 0 Å². The second kappa shape index (κ2) is 8.29. The molecule has 1 aliphatic rings. The molecule has 25 heavy (non-hydrogen) atoms. The van der Waals surface area contributed by atoms with Crippen molar-refractivity contribution in [2.45, 2.75) is 44.6 Å². The molecule has 1 amide bonds. The number of rotatable bonds is 6. The number of nitrogens with zero attached hydrogens (tertiary/aromatic N) is 1. The number of sulfonamides is 1. The predicted octanol–water partition coefficient (Wildman–Crippen LogP) is 1.82. The maximum absolute atomic E-state index is 12.8. The van der Waals surface area contributed by atoms with Crippen LogP contribution in [0.4, 0.5) is 0 Å². The number of nitrogens with two attached hydrogens (primary N) is 1. The SMILES string of the molecule is CC(N)CCNC(=O)c1ccc(S(=O)(=O)N2CC(C)CC(C)C2)cc1. The summed E-state index contributed by atoms with van der Waals surface area (Å²) in [6.07, 6.45) is 1.75. The van der Waals surface area contributed by atoms with E-state index in [2.05, 4.69) is 19.2 Å². The maximum atomic E-state index is 12.8. The molecular weight excluding hydrogens is 338 g/mol. The van der Waals surface area contributed by atoms with Crippen molar-refractivity contribution in [1.82, 2.24) is 9.62 Å². The molecule has 140 valence electrons. The highest BCUT2D eigenvalue weighted by Gasteiger charge is 2.31. The van der Waals surface area contributed by atoms with Crippen LogP contribution in [0.5, 0.6) is 0 Å². The lowest BCUT2D eigenvalue weighted by Gasteiger charge is -2.34. The van der Waals surface area contributed by atoms with Crippen molar-refractivity contribution in [3.63, 3.8) is 0 Å². The Kier molecular flexibility index (Phi) is 6.59. The van der Waals surface area contributed by atoms with Gasteiger partial charge in [0.15, 0.2) is 0 Å². The molecule has 0 bridgehead atoms. The molecule has 7 heteroatoms. The fourth-order valence-electron chi connectivity index (χ4n) is 3.24. The Balaban J connectivity index is 2.06. The molecule has 1 heterocycles. The molecule has 0 aromatic heterocycles. The second-order valence-corrected chi connectivity index (χ2v) is 9.25. The maximum Gasteiger partial charge on any atom is 0.251 e. The van der Waals surface area contributed by atoms with Crippen molar-refractivity contribution in [2.24, 2.45) is 17.6 Å². The largest absolute Gasteiger partial charge is 0.352 e. The highest BCUT2D eigenvalue weighted by Crippen LogP contribution is 2.26. The first kappa shape index (κ1) is 19.9. The molecule has 1 saturated heterocycles. The minimum Gasteiger partial charge on any atom is -0.352 e. The Labute approximate surface area is 150 Å². The summed E-state index contributed by atoms with van der Waals surface area (Å²) in [7, 11) is -3.51. The van der Waals surface area contributed by atoms with E-state index in [0.29, 0.717) is 43.5 Å². The highest BCUT2D eigenvalue weighted by atomic mass is 32.2. The molecular formula is C18H29N3O3S. The quantitative estimate of drug-likeness (QED) is 0.802. The normalized spacial score (nSPS) is 23.2. The van der Waals surface area contributed by atoms with Crippen molar-refractivity contribution in [3.8, 4) is 0 Å². The molecule has 3 N–H and O–H groups in total. The lowest BCUT2D eigenvalue weighted by atomic mass is 9.94. The molecule has 3 atom stereocenters. The number of piperidine rings is 1. The first-order valence-electron chi connectivity index (χ1n) is 8.84. The van der Waals surface area contributed by atoms with Gasteiger partial charge in [-0.1, -0.05) is 13.8 Å². The lowest BCUT2D eigenvalue weighted by Crippen LogP contribution is -2.42. The van der Waals surface area contributed by atoms with E-state index in [1.807, 2.05) is 6.92 Å². The van der Waals surface area contributed by atoms with Crippen molar-refractivity contribution in [3.05, 3.63) is 29.8 Å². The van der Waals surface area contributed by atoms with Crippen molar-refractivity contribution in [1.29, 1.82) is 0 Å². The molecule has 3 unspecified atom stereocenters. The van der Waals surface area contributed by atoms with Gasteiger partial charge >= 0.3 is 0 Å². The van der Waals surface area contributed by atoms with E-state index in [1.165, 1.54) is 12.1 Å². The molecule has 6 nitrogen and oxygen atoms in total. The van der Waals surface area contributed by atoms with Gasteiger partial charge in [0.1, 0.15) is 0 Å². The minimum atomic E-state index is -3.51. The Hall–Kier alpha value is -1.44. The molecule has 0 aliphatic carbocycles. The number of carbonyl (C=O) groups is 1. The van der Waals surface area contributed by atoms with E-state index >= 15 is 0 Å². The average Bonchev–Trinajstić information content (AvgIpc) is 2.53. The summed E-state index contributed by atoms with van der Waals surface area (Å²) in [6.45, 7) is 7.63. The number of nitrogens with one attached hydrogen (secondary N) is 1. The average molecular weight is 368 g/mol. The van der Waals surface area contributed by atoms with Gasteiger partial charge in [0.2, 0.25) is 10.0 Å². The second-order valence-electron chi connectivity index (χ2n) is 7.31. The number of hydrogen-bond acceptors (Lipinski definition) is 4. The Morgan fingerprint density at radius 2 is 1.80 bits per heavy atom. The summed E-state index contributed by atoms with van der Waals surface area (Å²) >= 11 is 0. The predicted molar refractivity (Wildman–Crippen MR) is 98.7 cm³/mol. The smallest absolute Gasteiger partial charge is 0.251 e. The van der Waals surface area contributed by atoms with Gasteiger partial charge < -0.3 is 11.1 Å². The third-order valence-electron chi connectivity index (χ3n) is 4.47. The van der Waals surface area contributed by atoms with E-state index in [-0.39, 0.29) is 16.8 Å². The number of hydrogen-bond donors (Lipinski definition) is 2. The van der Waals surface area contributed by atoms with Crippen LogP contribution >= 0.6 is 0 Å². The fraction of sp³-hybridized carbons (Fsp3) is 0.611. The summed E-state index contributed by atoms with van der Waals surface area (Å²) in [6, 6.07) is 6.18. The van der Waals surface area contributed by atoms with E-state index in [9.17, 15) is 13.2 Å². The molecule has 0 saturated carbocycles. The Morgan fingerprint density at radius 1 is 1.24 bits per heavy atom. The van der Waals surface area contributed by atoms with Crippen LogP contribution in [-0.4, -0.2) is 44.3 Å². The summed E-state index contributed by atoms with van der Waals surface area (Å²) in [5.74, 6) is 0.492. The van der Waals surface area contributed by atoms with Gasteiger partial charge in [-0.05, 0) is 55.9 Å². The fourth-order valence-corrected chi connectivity index (χ4v) is 4.92. The van der Waals surface area contributed by atoms with Gasteiger partial charge in [-0.3, -0.25) is 4.79 Å². The number of carbonyl (C=O) groups excluding carboxylic acids is 1. The van der Waals surface area contributed by atoms with E-state index in [4.69, 9.17) is 5.73 Å². The Bertz CT molecular complexity index is 676. The van der Waals surface area contributed by atoms with Crippen LogP contribution in [0.15, 0.2) is 29.2 Å². The Morgan fingerprint density at radius 3 is 2.32 bits per heavy atom. The summed E-state index contributed by atoms with van der Waals surface area (Å²) in [4.78, 5) is 12.3. The van der Waals surface area contributed by atoms with Gasteiger partial charge in [-0.2, -0.15) is 4.31 Å². The van der Waals surface area contributed by atoms with Crippen LogP contribution in [0.25, 0.3) is 0 Å². The molecule has 1 aromatic carbocycles.